The molecule has 5 rings (SSSR count). The van der Waals surface area contributed by atoms with Gasteiger partial charge in [0.25, 0.3) is 0 Å². The number of benzene rings is 1. The lowest BCUT2D eigenvalue weighted by molar-refractivity contribution is 0.0695. The van der Waals surface area contributed by atoms with E-state index in [0.717, 1.165) is 28.9 Å². The highest BCUT2D eigenvalue weighted by molar-refractivity contribution is 9.10. The number of hydrogen-bond donors (Lipinski definition) is 2. The van der Waals surface area contributed by atoms with Crippen LogP contribution < -0.4 is 10.7 Å². The zero-order chi connectivity index (χ0) is 23.1. The molecule has 1 fully saturated rings. The third-order valence-electron chi connectivity index (χ3n) is 5.68. The number of nitrogens with zero attached hydrogens (tertiary/aromatic N) is 3. The number of halogens is 2. The van der Waals surface area contributed by atoms with Crippen molar-refractivity contribution >= 4 is 38.5 Å². The summed E-state index contributed by atoms with van der Waals surface area (Å²) in [6.45, 7) is 0. The quantitative estimate of drug-likeness (QED) is 0.383. The maximum Gasteiger partial charge on any atom is 0.341 e. The molecule has 0 radical (unpaired) electrons. The first-order chi connectivity index (χ1) is 15.9. The van der Waals surface area contributed by atoms with Gasteiger partial charge in [0.1, 0.15) is 11.4 Å². The molecule has 0 aliphatic heterocycles. The van der Waals surface area contributed by atoms with Crippen LogP contribution >= 0.6 is 15.9 Å². The number of nitrogens with one attached hydrogen (secondary N) is 1. The van der Waals surface area contributed by atoms with E-state index in [0.29, 0.717) is 11.2 Å². The molecule has 3 aromatic heterocycles. The zero-order valence-electron chi connectivity index (χ0n) is 17.2. The number of hydrogen-bond acceptors (Lipinski definition) is 5. The summed E-state index contributed by atoms with van der Waals surface area (Å²) in [5.74, 6) is -1.97. The molecule has 4 aromatic rings. The van der Waals surface area contributed by atoms with Crippen LogP contribution in [0.4, 0.5) is 10.1 Å². The molecular formula is C24H18BrFN4O3. The van der Waals surface area contributed by atoms with Crippen LogP contribution in [0, 0.1) is 5.82 Å². The number of fused-ring (bicyclic) bond motifs is 1. The average Bonchev–Trinajstić information content (AvgIpc) is 3.65. The molecule has 1 aliphatic rings. The van der Waals surface area contributed by atoms with E-state index in [1.165, 1.54) is 6.20 Å². The Morgan fingerprint density at radius 2 is 1.97 bits per heavy atom. The van der Waals surface area contributed by atoms with Gasteiger partial charge in [0.05, 0.1) is 22.9 Å². The average molecular weight is 509 g/mol. The van der Waals surface area contributed by atoms with Gasteiger partial charge >= 0.3 is 5.97 Å². The first-order valence-corrected chi connectivity index (χ1v) is 11.1. The van der Waals surface area contributed by atoms with Crippen LogP contribution in [-0.4, -0.2) is 25.6 Å². The maximum absolute atomic E-state index is 15.2. The number of carbonyl (C=O) groups is 1. The first-order valence-electron chi connectivity index (χ1n) is 10.3. The van der Waals surface area contributed by atoms with Gasteiger partial charge < -0.3 is 15.0 Å². The first kappa shape index (κ1) is 21.3. The van der Waals surface area contributed by atoms with Crippen molar-refractivity contribution in [3.8, 4) is 0 Å². The van der Waals surface area contributed by atoms with Gasteiger partial charge in [-0.3, -0.25) is 14.8 Å². The van der Waals surface area contributed by atoms with Crippen LogP contribution in [0.5, 0.6) is 0 Å². The van der Waals surface area contributed by atoms with E-state index < -0.39 is 23.3 Å². The summed E-state index contributed by atoms with van der Waals surface area (Å²) in [4.78, 5) is 32.8. The molecule has 9 heteroatoms. The Morgan fingerprint density at radius 1 is 1.21 bits per heavy atom. The summed E-state index contributed by atoms with van der Waals surface area (Å²) < 4.78 is 17.8. The van der Waals surface area contributed by atoms with E-state index in [1.54, 1.807) is 29.2 Å². The standard InChI is InChI=1S/C24H18BrFN4O3/c25-14-1-4-19(28-11-14)22(13-5-7-27-8-6-13)29-20-10-21-16(9-18(20)26)23(31)17(24(32)33)12-30(21)15-2-3-15/h1,4-12,15,22,29H,2-3H2,(H,32,33). The van der Waals surface area contributed by atoms with Gasteiger partial charge in [-0.1, -0.05) is 0 Å². The number of pyridine rings is 3. The Morgan fingerprint density at radius 3 is 2.61 bits per heavy atom. The Labute approximate surface area is 196 Å². The number of aromatic carboxylic acids is 1. The molecule has 3 heterocycles. The van der Waals surface area contributed by atoms with Crippen LogP contribution in [0.25, 0.3) is 10.9 Å². The van der Waals surface area contributed by atoms with Gasteiger partial charge in [0.2, 0.25) is 5.43 Å². The fourth-order valence-electron chi connectivity index (χ4n) is 3.88. The number of aromatic nitrogens is 3. The second-order valence-corrected chi connectivity index (χ2v) is 8.84. The number of anilines is 1. The van der Waals surface area contributed by atoms with Gasteiger partial charge in [-0.25, -0.2) is 9.18 Å². The minimum atomic E-state index is -1.32. The fraction of sp³-hybridized carbons (Fsp3) is 0.167. The molecule has 0 amide bonds. The summed E-state index contributed by atoms with van der Waals surface area (Å²) >= 11 is 3.38. The molecule has 1 atom stereocenters. The van der Waals surface area contributed by atoms with Crippen molar-refractivity contribution in [2.24, 2.45) is 0 Å². The third-order valence-corrected chi connectivity index (χ3v) is 6.15. The van der Waals surface area contributed by atoms with E-state index >= 15 is 4.39 Å². The molecule has 0 spiro atoms. The van der Waals surface area contributed by atoms with Gasteiger partial charge in [-0.05, 0) is 70.7 Å². The second kappa shape index (κ2) is 8.40. The molecule has 1 aromatic carbocycles. The topological polar surface area (TPSA) is 97.1 Å². The second-order valence-electron chi connectivity index (χ2n) is 7.92. The highest BCUT2D eigenvalue weighted by Gasteiger charge is 2.28. The molecule has 1 saturated carbocycles. The Hall–Kier alpha value is -3.59. The summed E-state index contributed by atoms with van der Waals surface area (Å²) in [5.41, 5.74) is 1.13. The molecule has 2 N–H and O–H groups in total. The van der Waals surface area contributed by atoms with Crippen molar-refractivity contribution in [2.45, 2.75) is 24.9 Å². The molecule has 166 valence electrons. The fourth-order valence-corrected chi connectivity index (χ4v) is 4.12. The van der Waals surface area contributed by atoms with Crippen molar-refractivity contribution in [3.05, 3.63) is 98.5 Å². The molecular weight excluding hydrogens is 491 g/mol. The van der Waals surface area contributed by atoms with Crippen LogP contribution in [-0.2, 0) is 0 Å². The van der Waals surface area contributed by atoms with Crippen LogP contribution in [0.2, 0.25) is 0 Å². The summed E-state index contributed by atoms with van der Waals surface area (Å²) in [5, 5.41) is 12.7. The minimum Gasteiger partial charge on any atom is -0.477 e. The Balaban J connectivity index is 1.65. The third kappa shape index (κ3) is 4.11. The molecule has 0 saturated heterocycles. The van der Waals surface area contributed by atoms with E-state index in [9.17, 15) is 14.7 Å². The number of rotatable bonds is 6. The van der Waals surface area contributed by atoms with Crippen LogP contribution in [0.3, 0.4) is 0 Å². The minimum absolute atomic E-state index is 0.0482. The van der Waals surface area contributed by atoms with E-state index in [4.69, 9.17) is 0 Å². The SMILES string of the molecule is O=C(O)c1cn(C2CC2)c2cc(NC(c3ccncc3)c3ccc(Br)cn3)c(F)cc2c1=O. The van der Waals surface area contributed by atoms with Crippen molar-refractivity contribution in [1.82, 2.24) is 14.5 Å². The van der Waals surface area contributed by atoms with E-state index in [1.807, 2.05) is 24.3 Å². The summed E-state index contributed by atoms with van der Waals surface area (Å²) in [7, 11) is 0. The van der Waals surface area contributed by atoms with Crippen molar-refractivity contribution in [3.63, 3.8) is 0 Å². The number of carboxylic acids is 1. The highest BCUT2D eigenvalue weighted by Crippen LogP contribution is 2.38. The molecule has 0 bridgehead atoms. The largest absolute Gasteiger partial charge is 0.477 e. The van der Waals surface area contributed by atoms with Gasteiger partial charge in [0.15, 0.2) is 0 Å². The van der Waals surface area contributed by atoms with Gasteiger partial charge in [0, 0.05) is 40.7 Å². The monoisotopic (exact) mass is 508 g/mol. The molecule has 7 nitrogen and oxygen atoms in total. The lowest BCUT2D eigenvalue weighted by atomic mass is 10.0. The lowest BCUT2D eigenvalue weighted by Crippen LogP contribution is -2.20. The predicted molar refractivity (Wildman–Crippen MR) is 125 cm³/mol. The molecule has 1 unspecified atom stereocenters. The zero-order valence-corrected chi connectivity index (χ0v) is 18.8. The number of carboxylic acid groups (broad SMARTS) is 1. The lowest BCUT2D eigenvalue weighted by Gasteiger charge is -2.21. The van der Waals surface area contributed by atoms with E-state index in [-0.39, 0.29) is 22.7 Å². The predicted octanol–water partition coefficient (Wildman–Crippen LogP) is 4.93. The smallest absolute Gasteiger partial charge is 0.341 e. The van der Waals surface area contributed by atoms with E-state index in [2.05, 4.69) is 31.2 Å². The molecule has 33 heavy (non-hydrogen) atoms. The summed E-state index contributed by atoms with van der Waals surface area (Å²) in [6.07, 6.45) is 8.08. The van der Waals surface area contributed by atoms with Crippen LogP contribution in [0.15, 0.2) is 70.5 Å². The van der Waals surface area contributed by atoms with Gasteiger partial charge in [-0.15, -0.1) is 0 Å². The highest BCUT2D eigenvalue weighted by atomic mass is 79.9. The van der Waals surface area contributed by atoms with Crippen molar-refractivity contribution in [1.29, 1.82) is 0 Å². The maximum atomic E-state index is 15.2. The van der Waals surface area contributed by atoms with Crippen molar-refractivity contribution < 1.29 is 14.3 Å². The van der Waals surface area contributed by atoms with Gasteiger partial charge in [-0.2, -0.15) is 0 Å². The molecule has 1 aliphatic carbocycles. The normalized spacial score (nSPS) is 14.2. The Kier molecular flexibility index (Phi) is 5.41. The van der Waals surface area contributed by atoms with Crippen molar-refractivity contribution in [2.75, 3.05) is 5.32 Å². The van der Waals surface area contributed by atoms with Crippen LogP contribution in [0.1, 0.15) is 46.5 Å². The summed E-state index contributed by atoms with van der Waals surface area (Å²) in [6, 6.07) is 9.63. The Bertz CT molecular complexity index is 1420.